The first-order valence-electron chi connectivity index (χ1n) is 1.50. The average molecular weight is 180 g/mol. The molecule has 0 rings (SSSR count). The molecule has 2 heteroatoms. The number of hydrogen-bond acceptors (Lipinski definition) is 0. The first-order valence-corrected chi connectivity index (χ1v) is 1.50. The van der Waals surface area contributed by atoms with Crippen LogP contribution in [0.15, 0.2) is 0 Å². The topological polar surface area (TPSA) is 0 Å². The Labute approximate surface area is 69.0 Å². The summed E-state index contributed by atoms with van der Waals surface area (Å²) in [6.07, 6.45) is 0. The summed E-state index contributed by atoms with van der Waals surface area (Å²) in [4.78, 5) is 0. The minimum atomic E-state index is 0. The molecule has 0 amide bonds. The molecule has 1 unspecified atom stereocenters. The van der Waals surface area contributed by atoms with Gasteiger partial charge in [-0.2, -0.15) is 30.7 Å². The summed E-state index contributed by atoms with van der Waals surface area (Å²) in [5, 5.41) is 0. The van der Waals surface area contributed by atoms with Crippen molar-refractivity contribution in [2.75, 3.05) is 0 Å². The van der Waals surface area contributed by atoms with Crippen molar-refractivity contribution in [3.05, 3.63) is 5.92 Å². The van der Waals surface area contributed by atoms with Gasteiger partial charge in [-0.25, -0.2) is 0 Å². The van der Waals surface area contributed by atoms with Gasteiger partial charge in [0.05, 0.1) is 0 Å². The Kier molecular flexibility index (Phi) is 25.4. The minimum absolute atomic E-state index is 0. The average Bonchev–Trinajstić information content (AvgIpc) is 0.811. The zero-order valence-electron chi connectivity index (χ0n) is 4.78. The van der Waals surface area contributed by atoms with Gasteiger partial charge in [-0.05, 0) is 0 Å². The van der Waals surface area contributed by atoms with E-state index < -0.39 is 0 Å². The Morgan fingerprint density at radius 1 is 1.00 bits per heavy atom. The second-order valence-corrected chi connectivity index (χ2v) is 1.50. The van der Waals surface area contributed by atoms with E-state index in [0.717, 1.165) is 0 Å². The molecule has 0 saturated heterocycles. The van der Waals surface area contributed by atoms with Crippen molar-refractivity contribution in [1.29, 1.82) is 0 Å². The van der Waals surface area contributed by atoms with Crippen molar-refractivity contribution >= 4 is 9.90 Å². The van der Waals surface area contributed by atoms with Crippen LogP contribution in [0.25, 0.3) is 0 Å². The van der Waals surface area contributed by atoms with Gasteiger partial charge >= 0.3 is 0 Å². The molecule has 0 aromatic heterocycles. The zero-order valence-corrected chi connectivity index (χ0v) is 9.04. The second-order valence-electron chi connectivity index (χ2n) is 1.50. The molecule has 0 nitrogen and oxygen atoms in total. The first-order chi connectivity index (χ1) is 1.73. The Balaban J connectivity index is -0.0000000450. The standard InChI is InChI=1S/C4H9.H3P.Y/c1-4(2)3;;/h1-3H3;1H3;/q-1;;. The molecule has 0 aliphatic heterocycles. The molecule has 0 spiro atoms. The van der Waals surface area contributed by atoms with Gasteiger partial charge in [0.2, 0.25) is 0 Å². The third kappa shape index (κ3) is 48.3. The summed E-state index contributed by atoms with van der Waals surface area (Å²) in [7, 11) is 0. The Morgan fingerprint density at radius 2 is 1.00 bits per heavy atom. The van der Waals surface area contributed by atoms with Gasteiger partial charge < -0.3 is 5.92 Å². The predicted octanol–water partition coefficient (Wildman–Crippen LogP) is 1.68. The molecule has 0 saturated carbocycles. The van der Waals surface area contributed by atoms with E-state index in [0.29, 0.717) is 0 Å². The summed E-state index contributed by atoms with van der Waals surface area (Å²) >= 11 is 0. The molecule has 6 heavy (non-hydrogen) atoms. The summed E-state index contributed by atoms with van der Waals surface area (Å²) < 4.78 is 0. The fourth-order valence-electron chi connectivity index (χ4n) is 0. The van der Waals surface area contributed by atoms with Crippen molar-refractivity contribution in [3.8, 4) is 0 Å². The minimum Gasteiger partial charge on any atom is -0.323 e. The van der Waals surface area contributed by atoms with Crippen LogP contribution in [0, 0.1) is 5.92 Å². The van der Waals surface area contributed by atoms with Crippen molar-refractivity contribution < 1.29 is 32.7 Å². The molecule has 0 bridgehead atoms. The normalized spacial score (nSPS) is 6.00. The van der Waals surface area contributed by atoms with Crippen LogP contribution >= 0.6 is 9.90 Å². The van der Waals surface area contributed by atoms with E-state index in [1.807, 2.05) is 0 Å². The van der Waals surface area contributed by atoms with E-state index in [1.165, 1.54) is 5.92 Å². The smallest absolute Gasteiger partial charge is 0 e. The van der Waals surface area contributed by atoms with Gasteiger partial charge in [-0.1, -0.05) is 0 Å². The van der Waals surface area contributed by atoms with Crippen LogP contribution in [0.4, 0.5) is 0 Å². The molecule has 0 heterocycles. The van der Waals surface area contributed by atoms with Crippen LogP contribution < -0.4 is 0 Å². The van der Waals surface area contributed by atoms with E-state index in [9.17, 15) is 0 Å². The van der Waals surface area contributed by atoms with Gasteiger partial charge in [-0.15, -0.1) is 0 Å². The molecular formula is C4H12PY-. The van der Waals surface area contributed by atoms with E-state index >= 15 is 0 Å². The summed E-state index contributed by atoms with van der Waals surface area (Å²) in [5.41, 5.74) is 0. The van der Waals surface area contributed by atoms with Crippen molar-refractivity contribution in [3.63, 3.8) is 0 Å². The number of hydrogen-bond donors (Lipinski definition) is 0. The van der Waals surface area contributed by atoms with Crippen LogP contribution in [0.1, 0.15) is 20.8 Å². The Morgan fingerprint density at radius 3 is 1.00 bits per heavy atom. The van der Waals surface area contributed by atoms with Gasteiger partial charge in [0, 0.05) is 32.7 Å². The van der Waals surface area contributed by atoms with Gasteiger partial charge in [0.1, 0.15) is 0 Å². The van der Waals surface area contributed by atoms with Crippen LogP contribution in [-0.2, 0) is 32.7 Å². The number of rotatable bonds is 0. The molecule has 0 aromatic rings. The first kappa shape index (κ1) is 15.6. The van der Waals surface area contributed by atoms with Crippen molar-refractivity contribution in [2.24, 2.45) is 0 Å². The second kappa shape index (κ2) is 9.73. The van der Waals surface area contributed by atoms with Crippen LogP contribution in [0.3, 0.4) is 0 Å². The zero-order chi connectivity index (χ0) is 3.58. The maximum atomic E-state index is 2.08. The summed E-state index contributed by atoms with van der Waals surface area (Å²) in [6.45, 7) is 6.25. The molecule has 0 N–H and O–H groups in total. The Hall–Kier alpha value is 1.53. The molecule has 1 atom stereocenters. The predicted molar refractivity (Wildman–Crippen MR) is 31.4 cm³/mol. The fourth-order valence-corrected chi connectivity index (χ4v) is 0. The van der Waals surface area contributed by atoms with Gasteiger partial charge in [0.15, 0.2) is 0 Å². The molecule has 37 valence electrons. The van der Waals surface area contributed by atoms with Gasteiger partial charge in [-0.3, -0.25) is 0 Å². The largest absolute Gasteiger partial charge is 0.323 e. The van der Waals surface area contributed by atoms with Crippen molar-refractivity contribution in [2.45, 2.75) is 20.8 Å². The maximum Gasteiger partial charge on any atom is 0 e. The van der Waals surface area contributed by atoms with Crippen LogP contribution in [-0.4, -0.2) is 0 Å². The molecule has 0 fully saturated rings. The summed E-state index contributed by atoms with van der Waals surface area (Å²) in [6, 6.07) is 0. The third-order valence-electron chi connectivity index (χ3n) is 0. The van der Waals surface area contributed by atoms with Crippen molar-refractivity contribution in [1.82, 2.24) is 0 Å². The summed E-state index contributed by atoms with van der Waals surface area (Å²) in [5.74, 6) is 1.42. The molecule has 0 aliphatic rings. The van der Waals surface area contributed by atoms with E-state index in [-0.39, 0.29) is 42.6 Å². The molecule has 1 radical (unpaired) electrons. The maximum absolute atomic E-state index is 2.08. The molecule has 0 aliphatic carbocycles. The SMILES string of the molecule is C[C-](C)C.P.[Y]. The van der Waals surface area contributed by atoms with E-state index in [4.69, 9.17) is 0 Å². The van der Waals surface area contributed by atoms with E-state index in [1.54, 1.807) is 0 Å². The van der Waals surface area contributed by atoms with Crippen LogP contribution in [0.2, 0.25) is 0 Å². The third-order valence-corrected chi connectivity index (χ3v) is 0. The van der Waals surface area contributed by atoms with E-state index in [2.05, 4.69) is 20.8 Å². The quantitative estimate of drug-likeness (QED) is 0.393. The van der Waals surface area contributed by atoms with Gasteiger partial charge in [0.25, 0.3) is 0 Å². The molecular weight excluding hydrogens is 168 g/mol. The van der Waals surface area contributed by atoms with Crippen LogP contribution in [0.5, 0.6) is 0 Å². The Bertz CT molecular complexity index is 12.3. The monoisotopic (exact) mass is 180 g/mol. The molecule has 0 aromatic carbocycles. The fraction of sp³-hybridized carbons (Fsp3) is 0.750.